The first-order chi connectivity index (χ1) is 14.7. The molecule has 31 heavy (non-hydrogen) atoms. The second-order valence-electron chi connectivity index (χ2n) is 8.32. The lowest BCUT2D eigenvalue weighted by Crippen LogP contribution is -2.58. The Morgan fingerprint density at radius 3 is 2.58 bits per heavy atom. The minimum Gasteiger partial charge on any atom is -0.465 e. The van der Waals surface area contributed by atoms with Crippen LogP contribution in [-0.2, 0) is 20.8 Å². The first-order valence-electron chi connectivity index (χ1n) is 10.2. The van der Waals surface area contributed by atoms with Gasteiger partial charge in [0.15, 0.2) is 0 Å². The Balaban J connectivity index is 1.71. The van der Waals surface area contributed by atoms with Crippen molar-refractivity contribution in [3.8, 4) is 11.5 Å². The van der Waals surface area contributed by atoms with Crippen LogP contribution < -0.4 is 0 Å². The first-order valence-corrected chi connectivity index (χ1v) is 10.2. The Labute approximate surface area is 180 Å². The van der Waals surface area contributed by atoms with Crippen LogP contribution in [0.1, 0.15) is 33.4 Å². The van der Waals surface area contributed by atoms with Crippen LogP contribution in [-0.4, -0.2) is 64.7 Å². The van der Waals surface area contributed by atoms with E-state index < -0.39 is 23.7 Å². The van der Waals surface area contributed by atoms with Crippen LogP contribution in [0, 0.1) is 5.82 Å². The van der Waals surface area contributed by atoms with E-state index in [0.29, 0.717) is 36.8 Å². The summed E-state index contributed by atoms with van der Waals surface area (Å²) in [5, 5.41) is 0. The second kappa shape index (κ2) is 9.47. The number of oxazole rings is 1. The molecule has 1 unspecified atom stereocenters. The van der Waals surface area contributed by atoms with Crippen LogP contribution in [0.5, 0.6) is 0 Å². The normalized spacial score (nSPS) is 17.5. The molecule has 2 aromatic rings. The molecule has 0 radical (unpaired) electrons. The monoisotopic (exact) mass is 433 g/mol. The Morgan fingerprint density at radius 2 is 1.94 bits per heavy atom. The number of nitrogens with zero attached hydrogens (tertiary/aromatic N) is 3. The lowest BCUT2D eigenvalue weighted by Gasteiger charge is -2.39. The van der Waals surface area contributed by atoms with Crippen molar-refractivity contribution in [3.63, 3.8) is 0 Å². The number of carbonyl (C=O) groups is 2. The molecule has 2 heterocycles. The summed E-state index contributed by atoms with van der Waals surface area (Å²) in [4.78, 5) is 32.9. The van der Waals surface area contributed by atoms with Crippen molar-refractivity contribution in [3.05, 3.63) is 42.0 Å². The second-order valence-corrected chi connectivity index (χ2v) is 8.32. The van der Waals surface area contributed by atoms with E-state index in [-0.39, 0.29) is 19.0 Å². The van der Waals surface area contributed by atoms with Gasteiger partial charge >= 0.3 is 12.1 Å². The predicted octanol–water partition coefficient (Wildman–Crippen LogP) is 3.47. The third-order valence-corrected chi connectivity index (χ3v) is 4.71. The molecule has 9 heteroatoms. The van der Waals surface area contributed by atoms with Crippen LogP contribution in [0.15, 0.2) is 34.9 Å². The van der Waals surface area contributed by atoms with E-state index in [1.807, 2.05) is 4.90 Å². The van der Waals surface area contributed by atoms with E-state index in [1.54, 1.807) is 39.8 Å². The maximum Gasteiger partial charge on any atom is 0.410 e. The van der Waals surface area contributed by atoms with Gasteiger partial charge in [-0.1, -0.05) is 0 Å². The molecule has 1 aliphatic rings. The van der Waals surface area contributed by atoms with Crippen molar-refractivity contribution in [2.24, 2.45) is 0 Å². The summed E-state index contributed by atoms with van der Waals surface area (Å²) in [6, 6.07) is 5.21. The van der Waals surface area contributed by atoms with Gasteiger partial charge in [-0.25, -0.2) is 14.2 Å². The number of halogens is 1. The Morgan fingerprint density at radius 1 is 1.23 bits per heavy atom. The number of carbonyl (C=O) groups excluding carboxylic acids is 2. The van der Waals surface area contributed by atoms with Crippen LogP contribution in [0.4, 0.5) is 9.18 Å². The zero-order valence-electron chi connectivity index (χ0n) is 18.3. The molecule has 8 nitrogen and oxygen atoms in total. The van der Waals surface area contributed by atoms with Gasteiger partial charge in [0.05, 0.1) is 18.8 Å². The summed E-state index contributed by atoms with van der Waals surface area (Å²) < 4.78 is 29.3. The molecule has 0 N–H and O–H groups in total. The Hall–Kier alpha value is -2.94. The molecule has 168 valence electrons. The van der Waals surface area contributed by atoms with Gasteiger partial charge in [0.25, 0.3) is 0 Å². The first kappa shape index (κ1) is 22.7. The van der Waals surface area contributed by atoms with Gasteiger partial charge in [0, 0.05) is 25.2 Å². The van der Waals surface area contributed by atoms with Crippen molar-refractivity contribution >= 4 is 12.1 Å². The highest BCUT2D eigenvalue weighted by Crippen LogP contribution is 2.22. The van der Waals surface area contributed by atoms with Gasteiger partial charge in [0.2, 0.25) is 5.89 Å². The molecular weight excluding hydrogens is 405 g/mol. The fourth-order valence-corrected chi connectivity index (χ4v) is 3.28. The minimum absolute atomic E-state index is 0.163. The molecule has 1 aromatic heterocycles. The van der Waals surface area contributed by atoms with Crippen LogP contribution in [0.3, 0.4) is 0 Å². The fourth-order valence-electron chi connectivity index (χ4n) is 3.28. The standard InChI is InChI=1S/C22H28FN3O5/c1-5-29-20(27)18-13-26(21(28)31-22(2,3)4)11-10-25(18)12-17-14-30-19(24-17)15-6-8-16(23)9-7-15/h6-9,14,18H,5,10-13H2,1-4H3. The molecule has 0 saturated carbocycles. The Kier molecular flexibility index (Phi) is 6.94. The molecular formula is C22H28FN3O5. The summed E-state index contributed by atoms with van der Waals surface area (Å²) in [6.07, 6.45) is 1.06. The van der Waals surface area contributed by atoms with Gasteiger partial charge in [-0.3, -0.25) is 9.69 Å². The van der Waals surface area contributed by atoms with Crippen LogP contribution in [0.2, 0.25) is 0 Å². The van der Waals surface area contributed by atoms with Gasteiger partial charge in [-0.2, -0.15) is 0 Å². The maximum atomic E-state index is 13.1. The third kappa shape index (κ3) is 6.04. The third-order valence-electron chi connectivity index (χ3n) is 4.71. The Bertz CT molecular complexity index is 907. The molecule has 1 aromatic carbocycles. The molecule has 1 fully saturated rings. The summed E-state index contributed by atoms with van der Waals surface area (Å²) in [7, 11) is 0. The van der Waals surface area contributed by atoms with E-state index in [2.05, 4.69) is 4.98 Å². The smallest absolute Gasteiger partial charge is 0.410 e. The molecule has 0 bridgehead atoms. The number of hydrogen-bond donors (Lipinski definition) is 0. The van der Waals surface area contributed by atoms with Crippen LogP contribution >= 0.6 is 0 Å². The number of esters is 1. The lowest BCUT2D eigenvalue weighted by molar-refractivity contribution is -0.152. The maximum absolute atomic E-state index is 13.1. The van der Waals surface area contributed by atoms with Crippen molar-refractivity contribution in [2.45, 2.75) is 45.9 Å². The minimum atomic E-state index is -0.646. The van der Waals surface area contributed by atoms with E-state index in [1.165, 1.54) is 23.3 Å². The topological polar surface area (TPSA) is 85.1 Å². The fraction of sp³-hybridized carbons (Fsp3) is 0.500. The molecule has 3 rings (SSSR count). The van der Waals surface area contributed by atoms with Crippen molar-refractivity contribution in [1.29, 1.82) is 0 Å². The highest BCUT2D eigenvalue weighted by Gasteiger charge is 2.37. The highest BCUT2D eigenvalue weighted by molar-refractivity contribution is 5.78. The van der Waals surface area contributed by atoms with Crippen molar-refractivity contribution < 1.29 is 27.9 Å². The summed E-state index contributed by atoms with van der Waals surface area (Å²) in [5.41, 5.74) is 0.661. The molecule has 1 amide bonds. The van der Waals surface area contributed by atoms with Gasteiger partial charge in [0.1, 0.15) is 23.7 Å². The average molecular weight is 433 g/mol. The number of piperazine rings is 1. The quantitative estimate of drug-likeness (QED) is 0.668. The number of rotatable bonds is 5. The average Bonchev–Trinajstić information content (AvgIpc) is 3.16. The van der Waals surface area contributed by atoms with Gasteiger partial charge in [-0.05, 0) is 52.0 Å². The number of hydrogen-bond acceptors (Lipinski definition) is 7. The summed E-state index contributed by atoms with van der Waals surface area (Å²) in [6.45, 7) is 8.74. The predicted molar refractivity (Wildman–Crippen MR) is 111 cm³/mol. The lowest BCUT2D eigenvalue weighted by atomic mass is 10.1. The number of amides is 1. The zero-order valence-corrected chi connectivity index (χ0v) is 18.3. The molecule has 0 aliphatic carbocycles. The molecule has 1 atom stereocenters. The SMILES string of the molecule is CCOC(=O)C1CN(C(=O)OC(C)(C)C)CCN1Cc1coc(-c2ccc(F)cc2)n1. The number of aromatic nitrogens is 1. The summed E-state index contributed by atoms with van der Waals surface area (Å²) >= 11 is 0. The van der Waals surface area contributed by atoms with E-state index >= 15 is 0 Å². The molecule has 1 saturated heterocycles. The van der Waals surface area contributed by atoms with E-state index in [4.69, 9.17) is 13.9 Å². The van der Waals surface area contributed by atoms with E-state index in [0.717, 1.165) is 0 Å². The summed E-state index contributed by atoms with van der Waals surface area (Å²) in [5.74, 6) is -0.372. The number of benzene rings is 1. The van der Waals surface area contributed by atoms with Gasteiger partial charge < -0.3 is 18.8 Å². The highest BCUT2D eigenvalue weighted by atomic mass is 19.1. The van der Waals surface area contributed by atoms with E-state index in [9.17, 15) is 14.0 Å². The van der Waals surface area contributed by atoms with Crippen LogP contribution in [0.25, 0.3) is 11.5 Å². The molecule has 1 aliphatic heterocycles. The van der Waals surface area contributed by atoms with Crippen molar-refractivity contribution in [2.75, 3.05) is 26.2 Å². The zero-order chi connectivity index (χ0) is 22.6. The number of ether oxygens (including phenoxy) is 2. The van der Waals surface area contributed by atoms with Gasteiger partial charge in [-0.15, -0.1) is 0 Å². The largest absolute Gasteiger partial charge is 0.465 e. The van der Waals surface area contributed by atoms with Crippen molar-refractivity contribution in [1.82, 2.24) is 14.8 Å². The molecule has 0 spiro atoms.